The molecule has 0 fully saturated rings. The van der Waals surface area contributed by atoms with Crippen molar-refractivity contribution in [3.8, 4) is 0 Å². The van der Waals surface area contributed by atoms with Crippen molar-refractivity contribution in [3.05, 3.63) is 72.8 Å². The highest BCUT2D eigenvalue weighted by atomic mass is 28.4. The van der Waals surface area contributed by atoms with E-state index in [4.69, 9.17) is 4.43 Å². The summed E-state index contributed by atoms with van der Waals surface area (Å²) in [5, 5.41) is 0.168. The predicted molar refractivity (Wildman–Crippen MR) is 103 cm³/mol. The number of hydrogen-bond donors (Lipinski definition) is 0. The molecule has 0 atom stereocenters. The van der Waals surface area contributed by atoms with Crippen LogP contribution in [0.15, 0.2) is 67.2 Å². The maximum Gasteiger partial charge on any atom is 0.252 e. The molecule has 0 aromatic heterocycles. The quantitative estimate of drug-likeness (QED) is 0.342. The maximum absolute atomic E-state index is 6.52. The molecular formula is C20H31NOSi. The third-order valence-electron chi connectivity index (χ3n) is 4.29. The third kappa shape index (κ3) is 5.75. The van der Waals surface area contributed by atoms with E-state index >= 15 is 0 Å². The van der Waals surface area contributed by atoms with Gasteiger partial charge < -0.3 is 9.33 Å². The minimum Gasteiger partial charge on any atom is -0.532 e. The zero-order valence-corrected chi connectivity index (χ0v) is 16.5. The van der Waals surface area contributed by atoms with Crippen molar-refractivity contribution in [1.82, 2.24) is 4.90 Å². The smallest absolute Gasteiger partial charge is 0.252 e. The fraction of sp³-hybridized carbons (Fsp3) is 0.400. The number of rotatable bonds is 7. The summed E-state index contributed by atoms with van der Waals surface area (Å²) in [5.41, 5.74) is 1.25. The van der Waals surface area contributed by atoms with E-state index in [1.807, 2.05) is 25.3 Å². The second-order valence-corrected chi connectivity index (χ2v) is 11.9. The van der Waals surface area contributed by atoms with Crippen molar-refractivity contribution in [3.63, 3.8) is 0 Å². The SMILES string of the molecule is C=C/C=C/N(Cc1ccccc1)/C(=C/C)O[Si](C)(C)C(C)(C)C. The predicted octanol–water partition coefficient (Wildman–Crippen LogP) is 6.07. The topological polar surface area (TPSA) is 12.5 Å². The van der Waals surface area contributed by atoms with Crippen molar-refractivity contribution >= 4 is 8.32 Å². The standard InChI is InChI=1S/C20H31NOSi/c1-8-10-16-21(17-18-14-12-11-13-15-18)19(9-2)22-23(6,7)20(3,4)5/h8-16H,1,17H2,2-7H3/b16-10+,19-9-. The monoisotopic (exact) mass is 329 g/mol. The van der Waals surface area contributed by atoms with Gasteiger partial charge in [-0.05, 0) is 42.8 Å². The summed E-state index contributed by atoms with van der Waals surface area (Å²) in [7, 11) is -1.88. The van der Waals surface area contributed by atoms with Crippen LogP contribution in [0.2, 0.25) is 18.1 Å². The zero-order valence-electron chi connectivity index (χ0n) is 15.5. The summed E-state index contributed by atoms with van der Waals surface area (Å²) < 4.78 is 6.52. The summed E-state index contributed by atoms with van der Waals surface area (Å²) in [4.78, 5) is 2.15. The summed E-state index contributed by atoms with van der Waals surface area (Å²) >= 11 is 0. The number of nitrogens with zero attached hydrogens (tertiary/aromatic N) is 1. The average molecular weight is 330 g/mol. The molecule has 0 amide bonds. The molecule has 0 aliphatic rings. The number of allylic oxidation sites excluding steroid dienone is 3. The maximum atomic E-state index is 6.52. The Balaban J connectivity index is 3.03. The summed E-state index contributed by atoms with van der Waals surface area (Å²) in [6, 6.07) is 10.4. The molecule has 1 aromatic carbocycles. The van der Waals surface area contributed by atoms with E-state index in [1.54, 1.807) is 6.08 Å². The number of benzene rings is 1. The van der Waals surface area contributed by atoms with Crippen molar-refractivity contribution in [2.75, 3.05) is 0 Å². The second kappa shape index (κ2) is 8.21. The Hall–Kier alpha value is -1.74. The van der Waals surface area contributed by atoms with E-state index in [-0.39, 0.29) is 5.04 Å². The first-order chi connectivity index (χ1) is 10.7. The summed E-state index contributed by atoms with van der Waals surface area (Å²) in [6.07, 6.45) is 7.82. The molecule has 0 bridgehead atoms. The Kier molecular flexibility index (Phi) is 6.89. The molecular weight excluding hydrogens is 298 g/mol. The van der Waals surface area contributed by atoms with Crippen LogP contribution >= 0.6 is 0 Å². The molecule has 1 rings (SSSR count). The van der Waals surface area contributed by atoms with E-state index in [0.29, 0.717) is 0 Å². The zero-order chi connectivity index (χ0) is 17.5. The highest BCUT2D eigenvalue weighted by Gasteiger charge is 2.39. The molecule has 0 aliphatic heterocycles. The van der Waals surface area contributed by atoms with Crippen molar-refractivity contribution < 1.29 is 4.43 Å². The Morgan fingerprint density at radius 1 is 1.22 bits per heavy atom. The number of hydrogen-bond acceptors (Lipinski definition) is 2. The molecule has 0 spiro atoms. The Morgan fingerprint density at radius 2 is 1.83 bits per heavy atom. The van der Waals surface area contributed by atoms with Gasteiger partial charge in [-0.1, -0.05) is 63.8 Å². The molecule has 3 heteroatoms. The van der Waals surface area contributed by atoms with Gasteiger partial charge in [-0.15, -0.1) is 0 Å². The Bertz CT molecular complexity index is 553. The van der Waals surface area contributed by atoms with Crippen LogP contribution in [0, 0.1) is 0 Å². The van der Waals surface area contributed by atoms with Gasteiger partial charge in [-0.3, -0.25) is 0 Å². The molecule has 0 N–H and O–H groups in total. The second-order valence-electron chi connectivity index (χ2n) is 7.18. The molecule has 0 heterocycles. The van der Waals surface area contributed by atoms with Crippen LogP contribution in [0.3, 0.4) is 0 Å². The van der Waals surface area contributed by atoms with Crippen molar-refractivity contribution in [1.29, 1.82) is 0 Å². The average Bonchev–Trinajstić information content (AvgIpc) is 2.49. The first-order valence-corrected chi connectivity index (χ1v) is 11.1. The normalized spacial score (nSPS) is 13.2. The van der Waals surface area contributed by atoms with Gasteiger partial charge >= 0.3 is 0 Å². The highest BCUT2D eigenvalue weighted by molar-refractivity contribution is 6.74. The van der Waals surface area contributed by atoms with Crippen molar-refractivity contribution in [2.24, 2.45) is 0 Å². The van der Waals surface area contributed by atoms with Gasteiger partial charge in [0, 0.05) is 6.20 Å². The van der Waals surface area contributed by atoms with Crippen LogP contribution in [-0.2, 0) is 11.0 Å². The minimum atomic E-state index is -1.88. The fourth-order valence-corrected chi connectivity index (χ4v) is 2.91. The van der Waals surface area contributed by atoms with Gasteiger partial charge in [0.05, 0.1) is 6.54 Å². The van der Waals surface area contributed by atoms with Gasteiger partial charge in [0.25, 0.3) is 8.32 Å². The molecule has 126 valence electrons. The molecule has 0 saturated heterocycles. The molecule has 0 saturated carbocycles. The van der Waals surface area contributed by atoms with Gasteiger partial charge in [0.15, 0.2) is 5.88 Å². The highest BCUT2D eigenvalue weighted by Crippen LogP contribution is 2.38. The van der Waals surface area contributed by atoms with E-state index in [0.717, 1.165) is 12.4 Å². The molecule has 1 aromatic rings. The molecule has 23 heavy (non-hydrogen) atoms. The van der Waals surface area contributed by atoms with E-state index in [9.17, 15) is 0 Å². The van der Waals surface area contributed by atoms with Crippen LogP contribution in [0.1, 0.15) is 33.3 Å². The molecule has 2 nitrogen and oxygen atoms in total. The van der Waals surface area contributed by atoms with Crippen LogP contribution in [0.4, 0.5) is 0 Å². The summed E-state index contributed by atoms with van der Waals surface area (Å²) in [6.45, 7) is 17.9. The minimum absolute atomic E-state index is 0.168. The Morgan fingerprint density at radius 3 is 2.30 bits per heavy atom. The first-order valence-electron chi connectivity index (χ1n) is 8.16. The fourth-order valence-electron chi connectivity index (χ4n) is 1.85. The lowest BCUT2D eigenvalue weighted by atomic mass is 10.2. The van der Waals surface area contributed by atoms with Gasteiger partial charge in [-0.2, -0.15) is 0 Å². The Labute approximate surface area is 143 Å². The lowest BCUT2D eigenvalue weighted by molar-refractivity contribution is 0.247. The largest absolute Gasteiger partial charge is 0.532 e. The van der Waals surface area contributed by atoms with Gasteiger partial charge in [0.2, 0.25) is 0 Å². The lowest BCUT2D eigenvalue weighted by Gasteiger charge is -2.39. The van der Waals surface area contributed by atoms with Crippen LogP contribution in [0.5, 0.6) is 0 Å². The van der Waals surface area contributed by atoms with Crippen LogP contribution < -0.4 is 0 Å². The molecule has 0 radical (unpaired) electrons. The molecule has 0 aliphatic carbocycles. The van der Waals surface area contributed by atoms with E-state index in [1.165, 1.54) is 5.56 Å². The van der Waals surface area contributed by atoms with E-state index in [2.05, 4.69) is 75.7 Å². The van der Waals surface area contributed by atoms with Gasteiger partial charge in [-0.25, -0.2) is 0 Å². The van der Waals surface area contributed by atoms with E-state index < -0.39 is 8.32 Å². The third-order valence-corrected chi connectivity index (χ3v) is 8.63. The lowest BCUT2D eigenvalue weighted by Crippen LogP contribution is -2.42. The molecule has 0 unspecified atom stereocenters. The van der Waals surface area contributed by atoms with Crippen LogP contribution in [0.25, 0.3) is 0 Å². The first kappa shape index (κ1) is 19.3. The van der Waals surface area contributed by atoms with Gasteiger partial charge in [0.1, 0.15) is 0 Å². The van der Waals surface area contributed by atoms with Crippen molar-refractivity contribution in [2.45, 2.75) is 52.4 Å². The summed E-state index contributed by atoms with van der Waals surface area (Å²) in [5.74, 6) is 0.915. The van der Waals surface area contributed by atoms with Crippen LogP contribution in [-0.4, -0.2) is 13.2 Å².